The van der Waals surface area contributed by atoms with Crippen LogP contribution >= 0.6 is 0 Å². The third-order valence-corrected chi connectivity index (χ3v) is 6.37. The van der Waals surface area contributed by atoms with Crippen LogP contribution in [0, 0.1) is 12.8 Å². The molecule has 0 saturated carbocycles. The van der Waals surface area contributed by atoms with Crippen molar-refractivity contribution in [1.82, 2.24) is 20.0 Å². The van der Waals surface area contributed by atoms with Gasteiger partial charge in [0.25, 0.3) is 5.91 Å². The first-order chi connectivity index (χ1) is 17.4. The van der Waals surface area contributed by atoms with Gasteiger partial charge in [0.2, 0.25) is 17.7 Å². The van der Waals surface area contributed by atoms with Gasteiger partial charge < -0.3 is 19.0 Å². The number of likely N-dealkylation sites (tertiary alicyclic amines) is 1. The van der Waals surface area contributed by atoms with Gasteiger partial charge in [-0.05, 0) is 62.6 Å². The van der Waals surface area contributed by atoms with Crippen molar-refractivity contribution in [2.24, 2.45) is 5.92 Å². The van der Waals surface area contributed by atoms with E-state index in [9.17, 15) is 14.4 Å². The number of carbonyl (C=O) groups excluding carboxylic acids is 3. The largest absolute Gasteiger partial charge is 0.466 e. The molecule has 2 heterocycles. The van der Waals surface area contributed by atoms with Gasteiger partial charge in [0, 0.05) is 36.8 Å². The van der Waals surface area contributed by atoms with E-state index in [4.69, 9.17) is 9.15 Å². The van der Waals surface area contributed by atoms with Crippen molar-refractivity contribution >= 4 is 17.8 Å². The molecule has 0 spiro atoms. The Balaban J connectivity index is 1.33. The monoisotopic (exact) mass is 490 g/mol. The lowest BCUT2D eigenvalue weighted by molar-refractivity contribution is -0.151. The van der Waals surface area contributed by atoms with Crippen LogP contribution in [0.25, 0.3) is 22.9 Å². The Hall–Kier alpha value is -4.01. The highest BCUT2D eigenvalue weighted by molar-refractivity contribution is 5.96. The van der Waals surface area contributed by atoms with Gasteiger partial charge in [-0.15, -0.1) is 10.2 Å². The third-order valence-electron chi connectivity index (χ3n) is 6.37. The summed E-state index contributed by atoms with van der Waals surface area (Å²) < 4.78 is 10.9. The fourth-order valence-corrected chi connectivity index (χ4v) is 4.24. The van der Waals surface area contributed by atoms with E-state index in [1.807, 2.05) is 31.2 Å². The van der Waals surface area contributed by atoms with Crippen molar-refractivity contribution in [3.63, 3.8) is 0 Å². The molecular formula is C27H30N4O5. The summed E-state index contributed by atoms with van der Waals surface area (Å²) in [7, 11) is 1.60. The molecule has 9 heteroatoms. The number of ether oxygens (including phenoxy) is 1. The smallest absolute Gasteiger partial charge is 0.309 e. The molecule has 0 atom stereocenters. The average Bonchev–Trinajstić information content (AvgIpc) is 3.39. The van der Waals surface area contributed by atoms with E-state index in [1.54, 1.807) is 43.1 Å². The van der Waals surface area contributed by atoms with Crippen molar-refractivity contribution in [3.8, 4) is 22.9 Å². The fourth-order valence-electron chi connectivity index (χ4n) is 4.24. The molecule has 0 radical (unpaired) electrons. The van der Waals surface area contributed by atoms with Crippen molar-refractivity contribution < 1.29 is 23.5 Å². The van der Waals surface area contributed by atoms with Crippen molar-refractivity contribution in [2.75, 3.05) is 33.3 Å². The molecule has 36 heavy (non-hydrogen) atoms. The number of esters is 1. The van der Waals surface area contributed by atoms with Crippen LogP contribution in [0.2, 0.25) is 0 Å². The van der Waals surface area contributed by atoms with E-state index in [-0.39, 0.29) is 30.2 Å². The predicted octanol–water partition coefficient (Wildman–Crippen LogP) is 3.59. The predicted molar refractivity (Wildman–Crippen MR) is 133 cm³/mol. The van der Waals surface area contributed by atoms with Crippen LogP contribution in [0.15, 0.2) is 52.9 Å². The Labute approximate surface area is 210 Å². The van der Waals surface area contributed by atoms with Gasteiger partial charge >= 0.3 is 5.97 Å². The third kappa shape index (κ3) is 5.62. The number of likely N-dealkylation sites (N-methyl/N-ethyl adjacent to an activating group) is 1. The van der Waals surface area contributed by atoms with Crippen LogP contribution in [-0.4, -0.2) is 71.1 Å². The standard InChI is InChI=1S/C27H30N4O5/c1-4-35-27(34)21-13-15-31(16-14-21)23(32)17-30(3)26(33)20-11-9-19(10-12-20)24-28-29-25(36-24)22-8-6-5-7-18(22)2/h5-12,21H,4,13-17H2,1-3H3. The van der Waals surface area contributed by atoms with Crippen LogP contribution in [0.5, 0.6) is 0 Å². The zero-order valence-corrected chi connectivity index (χ0v) is 20.8. The van der Waals surface area contributed by atoms with E-state index in [0.29, 0.717) is 55.4 Å². The molecule has 1 aliphatic rings. The zero-order valence-electron chi connectivity index (χ0n) is 20.8. The number of hydrogen-bond acceptors (Lipinski definition) is 7. The quantitative estimate of drug-likeness (QED) is 0.466. The molecule has 1 saturated heterocycles. The summed E-state index contributed by atoms with van der Waals surface area (Å²) >= 11 is 0. The number of nitrogens with zero attached hydrogens (tertiary/aromatic N) is 4. The second-order valence-corrected chi connectivity index (χ2v) is 8.87. The Morgan fingerprint density at radius 2 is 1.69 bits per heavy atom. The lowest BCUT2D eigenvalue weighted by Crippen LogP contribution is -2.45. The minimum absolute atomic E-state index is 0.0336. The molecule has 0 unspecified atom stereocenters. The van der Waals surface area contributed by atoms with Gasteiger partial charge in [-0.25, -0.2) is 0 Å². The van der Waals surface area contributed by atoms with Crippen LogP contribution in [-0.2, 0) is 14.3 Å². The molecule has 2 aromatic carbocycles. The van der Waals surface area contributed by atoms with Crippen LogP contribution in [0.4, 0.5) is 0 Å². The van der Waals surface area contributed by atoms with Crippen molar-refractivity contribution in [1.29, 1.82) is 0 Å². The van der Waals surface area contributed by atoms with E-state index in [2.05, 4.69) is 10.2 Å². The number of benzene rings is 2. The Morgan fingerprint density at radius 1 is 1.03 bits per heavy atom. The van der Waals surface area contributed by atoms with Crippen LogP contribution in [0.1, 0.15) is 35.7 Å². The number of rotatable bonds is 7. The highest BCUT2D eigenvalue weighted by Gasteiger charge is 2.29. The number of amides is 2. The average molecular weight is 491 g/mol. The summed E-state index contributed by atoms with van der Waals surface area (Å²) in [6.45, 7) is 5.04. The van der Waals surface area contributed by atoms with E-state index in [1.165, 1.54) is 4.90 Å². The second kappa shape index (κ2) is 11.2. The topological polar surface area (TPSA) is 106 Å². The highest BCUT2D eigenvalue weighted by Crippen LogP contribution is 2.26. The van der Waals surface area contributed by atoms with E-state index < -0.39 is 0 Å². The Morgan fingerprint density at radius 3 is 2.36 bits per heavy atom. The first kappa shape index (κ1) is 25.1. The van der Waals surface area contributed by atoms with Gasteiger partial charge in [0.05, 0.1) is 19.1 Å². The minimum atomic E-state index is -0.262. The number of hydrogen-bond donors (Lipinski definition) is 0. The fraction of sp³-hybridized carbons (Fsp3) is 0.370. The molecule has 1 aliphatic heterocycles. The van der Waals surface area contributed by atoms with Gasteiger partial charge in [0.15, 0.2) is 0 Å². The number of carbonyl (C=O) groups is 3. The minimum Gasteiger partial charge on any atom is -0.466 e. The Bertz CT molecular complexity index is 1230. The normalized spacial score (nSPS) is 13.9. The number of aryl methyl sites for hydroxylation is 1. The maximum Gasteiger partial charge on any atom is 0.309 e. The lowest BCUT2D eigenvalue weighted by atomic mass is 9.97. The zero-order chi connectivity index (χ0) is 25.7. The SMILES string of the molecule is CCOC(=O)C1CCN(C(=O)CN(C)C(=O)c2ccc(-c3nnc(-c4ccccc4C)o3)cc2)CC1. The molecule has 0 N–H and O–H groups in total. The number of aromatic nitrogens is 2. The maximum atomic E-state index is 12.9. The highest BCUT2D eigenvalue weighted by atomic mass is 16.5. The second-order valence-electron chi connectivity index (χ2n) is 8.87. The van der Waals surface area contributed by atoms with Crippen molar-refractivity contribution in [3.05, 3.63) is 59.7 Å². The van der Waals surface area contributed by atoms with Gasteiger partial charge in [-0.3, -0.25) is 14.4 Å². The van der Waals surface area contributed by atoms with Gasteiger partial charge in [-0.1, -0.05) is 18.2 Å². The summed E-state index contributed by atoms with van der Waals surface area (Å²) in [6.07, 6.45) is 1.15. The molecule has 2 amide bonds. The molecule has 0 bridgehead atoms. The number of piperidine rings is 1. The first-order valence-corrected chi connectivity index (χ1v) is 12.1. The first-order valence-electron chi connectivity index (χ1n) is 12.1. The van der Waals surface area contributed by atoms with Crippen LogP contribution < -0.4 is 0 Å². The van der Waals surface area contributed by atoms with Gasteiger partial charge in [0.1, 0.15) is 0 Å². The summed E-state index contributed by atoms with van der Waals surface area (Å²) in [5.41, 5.74) is 3.06. The molecule has 9 nitrogen and oxygen atoms in total. The molecule has 1 fully saturated rings. The summed E-state index contributed by atoms with van der Waals surface area (Å²) in [5.74, 6) is 0.0300. The molecule has 1 aromatic heterocycles. The maximum absolute atomic E-state index is 12.9. The van der Waals surface area contributed by atoms with E-state index >= 15 is 0 Å². The van der Waals surface area contributed by atoms with Gasteiger partial charge in [-0.2, -0.15) is 0 Å². The Kier molecular flexibility index (Phi) is 7.77. The summed E-state index contributed by atoms with van der Waals surface area (Å²) in [4.78, 5) is 40.6. The molecule has 3 aromatic rings. The molecule has 188 valence electrons. The van der Waals surface area contributed by atoms with Crippen LogP contribution in [0.3, 0.4) is 0 Å². The molecule has 4 rings (SSSR count). The van der Waals surface area contributed by atoms with E-state index in [0.717, 1.165) is 11.1 Å². The summed E-state index contributed by atoms with van der Waals surface area (Å²) in [5, 5.41) is 8.29. The summed E-state index contributed by atoms with van der Waals surface area (Å²) in [6, 6.07) is 14.6. The molecule has 0 aliphatic carbocycles. The molecular weight excluding hydrogens is 460 g/mol. The van der Waals surface area contributed by atoms with Crippen molar-refractivity contribution in [2.45, 2.75) is 26.7 Å². The lowest BCUT2D eigenvalue weighted by Gasteiger charge is -2.32.